The van der Waals surface area contributed by atoms with E-state index in [1.165, 1.54) is 0 Å². The molecule has 0 spiro atoms. The normalized spacial score (nSPS) is 22.6. The van der Waals surface area contributed by atoms with E-state index in [9.17, 15) is 0 Å². The highest BCUT2D eigenvalue weighted by atomic mass is 32.1. The molecule has 1 saturated heterocycles. The van der Waals surface area contributed by atoms with Crippen LogP contribution in [0.4, 0.5) is 5.13 Å². The van der Waals surface area contributed by atoms with E-state index in [-0.39, 0.29) is 0 Å². The van der Waals surface area contributed by atoms with Crippen molar-refractivity contribution in [1.82, 2.24) is 4.98 Å². The SMILES string of the molecule is Cc1csc(N2CCC(CO)C2)n1. The predicted octanol–water partition coefficient (Wildman–Crippen LogP) is 1.27. The van der Waals surface area contributed by atoms with Crippen molar-refractivity contribution in [3.05, 3.63) is 11.1 Å². The third kappa shape index (κ3) is 1.84. The van der Waals surface area contributed by atoms with Gasteiger partial charge in [-0.05, 0) is 13.3 Å². The number of hydrogen-bond acceptors (Lipinski definition) is 4. The largest absolute Gasteiger partial charge is 0.396 e. The van der Waals surface area contributed by atoms with Crippen molar-refractivity contribution >= 4 is 16.5 Å². The average molecular weight is 198 g/mol. The molecule has 0 saturated carbocycles. The lowest BCUT2D eigenvalue weighted by atomic mass is 10.1. The van der Waals surface area contributed by atoms with Crippen LogP contribution < -0.4 is 4.90 Å². The summed E-state index contributed by atoms with van der Waals surface area (Å²) >= 11 is 1.69. The quantitative estimate of drug-likeness (QED) is 0.777. The maximum absolute atomic E-state index is 8.99. The zero-order valence-electron chi connectivity index (χ0n) is 7.73. The molecule has 1 aromatic rings. The van der Waals surface area contributed by atoms with Gasteiger partial charge in [0.2, 0.25) is 0 Å². The number of rotatable bonds is 2. The van der Waals surface area contributed by atoms with Crippen molar-refractivity contribution in [3.63, 3.8) is 0 Å². The highest BCUT2D eigenvalue weighted by molar-refractivity contribution is 7.13. The first-order valence-electron chi connectivity index (χ1n) is 4.57. The van der Waals surface area contributed by atoms with Gasteiger partial charge in [-0.3, -0.25) is 0 Å². The van der Waals surface area contributed by atoms with Crippen molar-refractivity contribution < 1.29 is 5.11 Å². The standard InChI is InChI=1S/C9H14N2OS/c1-7-6-13-9(10-7)11-3-2-8(4-11)5-12/h6,8,12H,2-5H2,1H3. The lowest BCUT2D eigenvalue weighted by Crippen LogP contribution is -2.20. The average Bonchev–Trinajstić information content (AvgIpc) is 2.71. The summed E-state index contributed by atoms with van der Waals surface area (Å²) in [5.41, 5.74) is 1.09. The Bertz CT molecular complexity index is 287. The van der Waals surface area contributed by atoms with E-state index in [1.807, 2.05) is 6.92 Å². The fraction of sp³-hybridized carbons (Fsp3) is 0.667. The van der Waals surface area contributed by atoms with Crippen LogP contribution in [0.1, 0.15) is 12.1 Å². The summed E-state index contributed by atoms with van der Waals surface area (Å²) < 4.78 is 0. The van der Waals surface area contributed by atoms with Gasteiger partial charge in [0.1, 0.15) is 0 Å². The van der Waals surface area contributed by atoms with Gasteiger partial charge in [0, 0.05) is 31.0 Å². The van der Waals surface area contributed by atoms with Crippen LogP contribution in [-0.4, -0.2) is 29.8 Å². The molecule has 3 nitrogen and oxygen atoms in total. The smallest absolute Gasteiger partial charge is 0.185 e. The molecule has 72 valence electrons. The van der Waals surface area contributed by atoms with Crippen LogP contribution in [0.2, 0.25) is 0 Å². The second-order valence-corrected chi connectivity index (χ2v) is 4.39. The van der Waals surface area contributed by atoms with Crippen molar-refractivity contribution in [1.29, 1.82) is 0 Å². The number of aromatic nitrogens is 1. The van der Waals surface area contributed by atoms with E-state index in [4.69, 9.17) is 5.11 Å². The highest BCUT2D eigenvalue weighted by Crippen LogP contribution is 2.26. The van der Waals surface area contributed by atoms with E-state index in [1.54, 1.807) is 11.3 Å². The first kappa shape index (κ1) is 8.97. The molecule has 1 unspecified atom stereocenters. The van der Waals surface area contributed by atoms with Gasteiger partial charge in [-0.15, -0.1) is 11.3 Å². The Morgan fingerprint density at radius 1 is 1.77 bits per heavy atom. The fourth-order valence-corrected chi connectivity index (χ4v) is 2.48. The molecule has 0 aromatic carbocycles. The number of aryl methyl sites for hydroxylation is 1. The van der Waals surface area contributed by atoms with Gasteiger partial charge in [-0.25, -0.2) is 4.98 Å². The third-order valence-corrected chi connectivity index (χ3v) is 3.44. The predicted molar refractivity (Wildman–Crippen MR) is 54.3 cm³/mol. The summed E-state index contributed by atoms with van der Waals surface area (Å²) in [7, 11) is 0. The molecule has 4 heteroatoms. The van der Waals surface area contributed by atoms with Gasteiger partial charge < -0.3 is 10.0 Å². The number of aliphatic hydroxyl groups is 1. The molecule has 0 amide bonds. The van der Waals surface area contributed by atoms with E-state index in [2.05, 4.69) is 15.3 Å². The molecular formula is C9H14N2OS. The molecular weight excluding hydrogens is 184 g/mol. The maximum atomic E-state index is 8.99. The molecule has 1 N–H and O–H groups in total. The Morgan fingerprint density at radius 3 is 3.15 bits per heavy atom. The number of aliphatic hydroxyl groups excluding tert-OH is 1. The van der Waals surface area contributed by atoms with Crippen molar-refractivity contribution in [2.75, 3.05) is 24.6 Å². The summed E-state index contributed by atoms with van der Waals surface area (Å²) in [4.78, 5) is 6.69. The van der Waals surface area contributed by atoms with E-state index >= 15 is 0 Å². The van der Waals surface area contributed by atoms with Crippen LogP contribution in [0.5, 0.6) is 0 Å². The van der Waals surface area contributed by atoms with Crippen LogP contribution in [0.3, 0.4) is 0 Å². The molecule has 0 bridgehead atoms. The zero-order valence-corrected chi connectivity index (χ0v) is 8.55. The lowest BCUT2D eigenvalue weighted by molar-refractivity contribution is 0.238. The molecule has 1 aromatic heterocycles. The number of thiazole rings is 1. The Morgan fingerprint density at radius 2 is 2.62 bits per heavy atom. The third-order valence-electron chi connectivity index (χ3n) is 2.42. The first-order valence-corrected chi connectivity index (χ1v) is 5.45. The Hall–Kier alpha value is -0.610. The molecule has 1 atom stereocenters. The minimum atomic E-state index is 0.306. The Balaban J connectivity index is 2.03. The minimum absolute atomic E-state index is 0.306. The number of anilines is 1. The maximum Gasteiger partial charge on any atom is 0.185 e. The topological polar surface area (TPSA) is 36.4 Å². The number of hydrogen-bond donors (Lipinski definition) is 1. The van der Waals surface area contributed by atoms with Crippen LogP contribution in [0.15, 0.2) is 5.38 Å². The molecule has 2 rings (SSSR count). The second-order valence-electron chi connectivity index (χ2n) is 3.55. The zero-order chi connectivity index (χ0) is 9.26. The van der Waals surface area contributed by atoms with E-state index in [0.717, 1.165) is 30.3 Å². The first-order chi connectivity index (χ1) is 6.29. The Kier molecular flexibility index (Phi) is 2.51. The molecule has 1 aliphatic rings. The minimum Gasteiger partial charge on any atom is -0.396 e. The highest BCUT2D eigenvalue weighted by Gasteiger charge is 2.23. The van der Waals surface area contributed by atoms with Crippen LogP contribution >= 0.6 is 11.3 Å². The summed E-state index contributed by atoms with van der Waals surface area (Å²) in [5.74, 6) is 0.448. The summed E-state index contributed by atoms with van der Waals surface area (Å²) in [6.07, 6.45) is 1.09. The van der Waals surface area contributed by atoms with Crippen molar-refractivity contribution in [3.8, 4) is 0 Å². The monoisotopic (exact) mass is 198 g/mol. The van der Waals surface area contributed by atoms with E-state index < -0.39 is 0 Å². The fourth-order valence-electron chi connectivity index (χ4n) is 1.64. The lowest BCUT2D eigenvalue weighted by Gasteiger charge is -2.13. The van der Waals surface area contributed by atoms with Crippen LogP contribution in [0.25, 0.3) is 0 Å². The summed E-state index contributed by atoms with van der Waals surface area (Å²) in [6, 6.07) is 0. The van der Waals surface area contributed by atoms with Gasteiger partial charge in [0.05, 0.1) is 5.69 Å². The van der Waals surface area contributed by atoms with Crippen molar-refractivity contribution in [2.45, 2.75) is 13.3 Å². The molecule has 0 aliphatic carbocycles. The van der Waals surface area contributed by atoms with Gasteiger partial charge >= 0.3 is 0 Å². The number of nitrogens with zero attached hydrogens (tertiary/aromatic N) is 2. The molecule has 0 radical (unpaired) electrons. The van der Waals surface area contributed by atoms with Crippen LogP contribution in [0, 0.1) is 12.8 Å². The molecule has 13 heavy (non-hydrogen) atoms. The van der Waals surface area contributed by atoms with Gasteiger partial charge in [0.15, 0.2) is 5.13 Å². The second kappa shape index (κ2) is 3.64. The summed E-state index contributed by atoms with van der Waals surface area (Å²) in [5, 5.41) is 12.2. The summed E-state index contributed by atoms with van der Waals surface area (Å²) in [6.45, 7) is 4.32. The molecule has 1 fully saturated rings. The molecule has 1 aliphatic heterocycles. The van der Waals surface area contributed by atoms with Gasteiger partial charge in [-0.1, -0.05) is 0 Å². The molecule has 2 heterocycles. The Labute approximate surface area is 82.0 Å². The van der Waals surface area contributed by atoms with Crippen molar-refractivity contribution in [2.24, 2.45) is 5.92 Å². The van der Waals surface area contributed by atoms with Gasteiger partial charge in [-0.2, -0.15) is 0 Å². The van der Waals surface area contributed by atoms with Crippen LogP contribution in [-0.2, 0) is 0 Å². The van der Waals surface area contributed by atoms with E-state index in [0.29, 0.717) is 12.5 Å². The van der Waals surface area contributed by atoms with Gasteiger partial charge in [0.25, 0.3) is 0 Å².